The molecule has 0 N–H and O–H groups in total. The van der Waals surface area contributed by atoms with Crippen LogP contribution in [-0.4, -0.2) is 31.2 Å². The second-order valence-corrected chi connectivity index (χ2v) is 9.18. The van der Waals surface area contributed by atoms with Gasteiger partial charge in [0.05, 0.1) is 28.8 Å². The number of ketones is 1. The molecule has 160 valence electrons. The Morgan fingerprint density at radius 2 is 1.94 bits per heavy atom. The van der Waals surface area contributed by atoms with Gasteiger partial charge in [0, 0.05) is 29.5 Å². The van der Waals surface area contributed by atoms with Crippen molar-refractivity contribution in [2.75, 3.05) is 6.26 Å². The van der Waals surface area contributed by atoms with E-state index in [9.17, 15) is 18.0 Å². The topological polar surface area (TPSA) is 116 Å². The lowest BCUT2D eigenvalue weighted by atomic mass is 9.74. The van der Waals surface area contributed by atoms with Crippen LogP contribution in [0.15, 0.2) is 50.7 Å². The van der Waals surface area contributed by atoms with Crippen LogP contribution in [0, 0.1) is 12.8 Å². The molecule has 8 nitrogen and oxygen atoms in total. The standard InChI is InChI=1S/C22H20N2O6S/c1-11-10-17(26)14-6-5-7-15(21(14)29-11)19-18(13(3)25)12(2)24-16-8-9-23-22(20(16)19)30-31(4,27)28/h5-10,18-19H,1-4H3. The summed E-state index contributed by atoms with van der Waals surface area (Å²) in [6.07, 6.45) is 2.32. The number of hydrogen-bond acceptors (Lipinski definition) is 8. The molecular weight excluding hydrogens is 420 g/mol. The monoisotopic (exact) mass is 440 g/mol. The lowest BCUT2D eigenvalue weighted by molar-refractivity contribution is -0.119. The van der Waals surface area contributed by atoms with Gasteiger partial charge in [0.2, 0.25) is 5.88 Å². The van der Waals surface area contributed by atoms with Crippen molar-refractivity contribution < 1.29 is 21.8 Å². The number of benzene rings is 1. The van der Waals surface area contributed by atoms with Crippen LogP contribution in [0.2, 0.25) is 0 Å². The van der Waals surface area contributed by atoms with E-state index in [0.29, 0.717) is 39.3 Å². The fraction of sp³-hybridized carbons (Fsp3) is 0.273. The van der Waals surface area contributed by atoms with Gasteiger partial charge in [-0.2, -0.15) is 8.42 Å². The van der Waals surface area contributed by atoms with Gasteiger partial charge in [-0.15, -0.1) is 0 Å². The van der Waals surface area contributed by atoms with E-state index in [4.69, 9.17) is 8.60 Å². The maximum absolute atomic E-state index is 12.7. The van der Waals surface area contributed by atoms with E-state index >= 15 is 0 Å². The van der Waals surface area contributed by atoms with E-state index in [0.717, 1.165) is 6.26 Å². The van der Waals surface area contributed by atoms with Gasteiger partial charge >= 0.3 is 10.1 Å². The Bertz CT molecular complexity index is 1420. The molecule has 0 aliphatic carbocycles. The van der Waals surface area contributed by atoms with Crippen molar-refractivity contribution >= 4 is 38.3 Å². The molecule has 0 fully saturated rings. The number of carbonyl (C=O) groups is 1. The van der Waals surface area contributed by atoms with Gasteiger partial charge in [-0.3, -0.25) is 14.6 Å². The van der Waals surface area contributed by atoms with E-state index in [1.54, 1.807) is 38.1 Å². The number of aliphatic imine (C=N–C) groups is 1. The van der Waals surface area contributed by atoms with Gasteiger partial charge < -0.3 is 8.60 Å². The normalized spacial score (nSPS) is 18.4. The molecule has 1 aliphatic rings. The first-order valence-corrected chi connectivity index (χ1v) is 11.4. The van der Waals surface area contributed by atoms with E-state index in [1.165, 1.54) is 19.2 Å². The number of nitrogens with zero attached hydrogens (tertiary/aromatic N) is 2. The first-order valence-electron chi connectivity index (χ1n) is 9.54. The summed E-state index contributed by atoms with van der Waals surface area (Å²) in [6, 6.07) is 8.13. The quantitative estimate of drug-likeness (QED) is 0.572. The highest BCUT2D eigenvalue weighted by Crippen LogP contribution is 2.48. The molecule has 4 rings (SSSR count). The zero-order valence-corrected chi connectivity index (χ0v) is 18.2. The number of Topliss-reactive ketones (excluding diaryl/α,β-unsaturated/α-hetero) is 1. The largest absolute Gasteiger partial charge is 0.461 e. The number of carbonyl (C=O) groups excluding carboxylic acids is 1. The van der Waals surface area contributed by atoms with Gasteiger partial charge in [0.25, 0.3) is 0 Å². The maximum Gasteiger partial charge on any atom is 0.307 e. The minimum atomic E-state index is -3.89. The van der Waals surface area contributed by atoms with Crippen LogP contribution in [-0.2, 0) is 14.9 Å². The molecule has 0 saturated carbocycles. The minimum absolute atomic E-state index is 0.153. The van der Waals surface area contributed by atoms with E-state index in [1.807, 2.05) is 0 Å². The van der Waals surface area contributed by atoms with Crippen molar-refractivity contribution in [1.82, 2.24) is 4.98 Å². The Balaban J connectivity index is 2.11. The number of para-hydroxylation sites is 1. The summed E-state index contributed by atoms with van der Waals surface area (Å²) in [6.45, 7) is 4.86. The zero-order valence-electron chi connectivity index (χ0n) is 17.4. The Morgan fingerprint density at radius 3 is 2.61 bits per heavy atom. The van der Waals surface area contributed by atoms with Gasteiger partial charge in [-0.25, -0.2) is 4.98 Å². The highest BCUT2D eigenvalue weighted by atomic mass is 32.2. The third kappa shape index (κ3) is 3.76. The molecule has 2 unspecified atom stereocenters. The number of hydrogen-bond donors (Lipinski definition) is 0. The van der Waals surface area contributed by atoms with E-state index in [2.05, 4.69) is 9.98 Å². The average Bonchev–Trinajstić information content (AvgIpc) is 2.65. The molecule has 3 heterocycles. The van der Waals surface area contributed by atoms with Gasteiger partial charge in [-0.05, 0) is 32.9 Å². The molecule has 31 heavy (non-hydrogen) atoms. The summed E-state index contributed by atoms with van der Waals surface area (Å²) >= 11 is 0. The molecule has 0 bridgehead atoms. The molecule has 0 saturated heterocycles. The molecule has 0 spiro atoms. The fourth-order valence-electron chi connectivity index (χ4n) is 4.14. The number of aryl methyl sites for hydroxylation is 1. The highest BCUT2D eigenvalue weighted by molar-refractivity contribution is 7.86. The number of pyridine rings is 1. The maximum atomic E-state index is 12.7. The molecule has 1 aromatic carbocycles. The van der Waals surface area contributed by atoms with Crippen molar-refractivity contribution in [3.8, 4) is 5.88 Å². The van der Waals surface area contributed by atoms with Crippen LogP contribution in [0.1, 0.15) is 36.7 Å². The predicted octanol–water partition coefficient (Wildman–Crippen LogP) is 3.28. The summed E-state index contributed by atoms with van der Waals surface area (Å²) in [7, 11) is -3.89. The second-order valence-electron chi connectivity index (χ2n) is 7.60. The smallest absolute Gasteiger partial charge is 0.307 e. The molecule has 0 amide bonds. The van der Waals surface area contributed by atoms with Crippen LogP contribution in [0.5, 0.6) is 5.88 Å². The van der Waals surface area contributed by atoms with Crippen LogP contribution >= 0.6 is 0 Å². The summed E-state index contributed by atoms with van der Waals surface area (Å²) in [4.78, 5) is 33.9. The number of aromatic nitrogens is 1. The summed E-state index contributed by atoms with van der Waals surface area (Å²) in [5, 5.41) is 0.363. The zero-order chi connectivity index (χ0) is 22.5. The number of rotatable bonds is 4. The second kappa shape index (κ2) is 7.42. The molecular formula is C22H20N2O6S. The van der Waals surface area contributed by atoms with Crippen molar-refractivity contribution in [2.24, 2.45) is 10.9 Å². The molecule has 2 atom stereocenters. The van der Waals surface area contributed by atoms with Gasteiger partial charge in [-0.1, -0.05) is 12.1 Å². The minimum Gasteiger partial charge on any atom is -0.461 e. The fourth-order valence-corrected chi connectivity index (χ4v) is 4.56. The molecule has 1 aliphatic heterocycles. The summed E-state index contributed by atoms with van der Waals surface area (Å²) < 4.78 is 34.9. The first kappa shape index (κ1) is 20.9. The SMILES string of the molecule is CC(=O)C1C(C)=Nc2ccnc(OS(C)(=O)=O)c2C1c1cccc2c(=O)cc(C)oc12. The molecule has 3 aromatic rings. The first-order chi connectivity index (χ1) is 14.6. The van der Waals surface area contributed by atoms with Gasteiger partial charge in [0.1, 0.15) is 17.1 Å². The van der Waals surface area contributed by atoms with Crippen molar-refractivity contribution in [2.45, 2.75) is 26.7 Å². The van der Waals surface area contributed by atoms with E-state index < -0.39 is 22.0 Å². The lowest BCUT2D eigenvalue weighted by Gasteiger charge is -2.31. The third-order valence-electron chi connectivity index (χ3n) is 5.23. The highest BCUT2D eigenvalue weighted by Gasteiger charge is 2.40. The van der Waals surface area contributed by atoms with Crippen molar-refractivity contribution in [3.05, 3.63) is 63.6 Å². The molecule has 2 aromatic heterocycles. The molecule has 0 radical (unpaired) electrons. The predicted molar refractivity (Wildman–Crippen MR) is 116 cm³/mol. The Kier molecular flexibility index (Phi) is 5.01. The summed E-state index contributed by atoms with van der Waals surface area (Å²) in [5.41, 5.74) is 2.05. The van der Waals surface area contributed by atoms with Gasteiger partial charge in [0.15, 0.2) is 5.43 Å². The molecule has 9 heteroatoms. The lowest BCUT2D eigenvalue weighted by Crippen LogP contribution is -2.31. The Morgan fingerprint density at radius 1 is 1.19 bits per heavy atom. The van der Waals surface area contributed by atoms with Crippen LogP contribution < -0.4 is 9.61 Å². The third-order valence-corrected chi connectivity index (χ3v) is 5.69. The van der Waals surface area contributed by atoms with Crippen LogP contribution in [0.3, 0.4) is 0 Å². The number of fused-ring (bicyclic) bond motifs is 2. The van der Waals surface area contributed by atoms with E-state index in [-0.39, 0.29) is 17.1 Å². The Labute approximate surface area is 178 Å². The van der Waals surface area contributed by atoms with Crippen molar-refractivity contribution in [1.29, 1.82) is 0 Å². The Hall–Kier alpha value is -3.33. The summed E-state index contributed by atoms with van der Waals surface area (Å²) in [5.74, 6) is -1.32. The van der Waals surface area contributed by atoms with Crippen LogP contribution in [0.4, 0.5) is 5.69 Å². The van der Waals surface area contributed by atoms with Crippen molar-refractivity contribution in [3.63, 3.8) is 0 Å². The van der Waals surface area contributed by atoms with Crippen LogP contribution in [0.25, 0.3) is 11.0 Å². The average molecular weight is 440 g/mol.